The Balaban J connectivity index is 1.57. The molecule has 7 nitrogen and oxygen atoms in total. The van der Waals surface area contributed by atoms with Crippen molar-refractivity contribution >= 4 is 11.8 Å². The summed E-state index contributed by atoms with van der Waals surface area (Å²) >= 11 is 0. The fraction of sp³-hybridized carbons (Fsp3) is 0.500. The monoisotopic (exact) mass is 397 g/mol. The lowest BCUT2D eigenvalue weighted by Crippen LogP contribution is -2.50. The number of amides is 2. The van der Waals surface area contributed by atoms with Crippen LogP contribution in [-0.2, 0) is 16.0 Å². The molecule has 2 aromatic rings. The molecule has 1 N–H and O–H groups in total. The highest BCUT2D eigenvalue weighted by Crippen LogP contribution is 2.38. The largest absolute Gasteiger partial charge is 0.393 e. The van der Waals surface area contributed by atoms with Crippen LogP contribution in [0.15, 0.2) is 40.9 Å². The topological polar surface area (TPSA) is 86.9 Å². The molecular weight excluding hydrogens is 370 g/mol. The van der Waals surface area contributed by atoms with E-state index in [1.165, 1.54) is 0 Å². The summed E-state index contributed by atoms with van der Waals surface area (Å²) in [7, 11) is 0. The average Bonchev–Trinajstić information content (AvgIpc) is 3.37. The minimum absolute atomic E-state index is 0.0173. The van der Waals surface area contributed by atoms with Crippen LogP contribution in [0.3, 0.4) is 0 Å². The van der Waals surface area contributed by atoms with Crippen molar-refractivity contribution in [1.29, 1.82) is 0 Å². The quantitative estimate of drug-likeness (QED) is 0.854. The standard InChI is InChI=1S/C22H27N3O4/c1-16(26)25-12-9-22(15-25,21(28)24-10-7-18(27)8-11-24)14-19-13-20(23-29-19)17-5-3-2-4-6-17/h2-6,13,18,27H,7-12,14-15H2,1H3/t22-/m0/s1. The minimum Gasteiger partial charge on any atom is -0.393 e. The number of carbonyl (C=O) groups excluding carboxylic acids is 2. The van der Waals surface area contributed by atoms with Crippen LogP contribution in [0.4, 0.5) is 0 Å². The Morgan fingerprint density at radius 3 is 2.55 bits per heavy atom. The molecule has 0 spiro atoms. The number of piperidine rings is 1. The van der Waals surface area contributed by atoms with Gasteiger partial charge in [0.1, 0.15) is 11.5 Å². The number of likely N-dealkylation sites (tertiary alicyclic amines) is 2. The summed E-state index contributed by atoms with van der Waals surface area (Å²) in [6, 6.07) is 11.7. The van der Waals surface area contributed by atoms with Gasteiger partial charge in [0.15, 0.2) is 0 Å². The van der Waals surface area contributed by atoms with E-state index in [1.807, 2.05) is 41.3 Å². The molecule has 2 fully saturated rings. The highest BCUT2D eigenvalue weighted by molar-refractivity contribution is 5.85. The van der Waals surface area contributed by atoms with Gasteiger partial charge in [0.2, 0.25) is 11.8 Å². The third-order valence-corrected chi connectivity index (χ3v) is 6.15. The zero-order chi connectivity index (χ0) is 20.4. The lowest BCUT2D eigenvalue weighted by Gasteiger charge is -2.37. The Hall–Kier alpha value is -2.67. The number of hydrogen-bond acceptors (Lipinski definition) is 5. The van der Waals surface area contributed by atoms with Gasteiger partial charge in [-0.3, -0.25) is 9.59 Å². The van der Waals surface area contributed by atoms with Crippen molar-refractivity contribution in [2.75, 3.05) is 26.2 Å². The Kier molecular flexibility index (Phi) is 5.41. The fourth-order valence-electron chi connectivity index (χ4n) is 4.41. The number of carbonyl (C=O) groups is 2. The van der Waals surface area contributed by atoms with Gasteiger partial charge < -0.3 is 19.4 Å². The Labute approximate surface area is 170 Å². The fourth-order valence-corrected chi connectivity index (χ4v) is 4.41. The van der Waals surface area contributed by atoms with Gasteiger partial charge in [-0.05, 0) is 19.3 Å². The molecule has 0 radical (unpaired) electrons. The second kappa shape index (κ2) is 7.99. The van der Waals surface area contributed by atoms with Gasteiger partial charge in [-0.1, -0.05) is 35.5 Å². The highest BCUT2D eigenvalue weighted by Gasteiger charge is 2.48. The summed E-state index contributed by atoms with van der Waals surface area (Å²) in [5, 5.41) is 14.0. The van der Waals surface area contributed by atoms with Gasteiger partial charge in [-0.15, -0.1) is 0 Å². The second-order valence-electron chi connectivity index (χ2n) is 8.22. The van der Waals surface area contributed by atoms with Gasteiger partial charge in [-0.25, -0.2) is 0 Å². The van der Waals surface area contributed by atoms with Crippen LogP contribution in [0.25, 0.3) is 11.3 Å². The minimum atomic E-state index is -0.707. The van der Waals surface area contributed by atoms with Crippen molar-refractivity contribution in [3.05, 3.63) is 42.2 Å². The third kappa shape index (κ3) is 4.05. The predicted octanol–water partition coefficient (Wildman–Crippen LogP) is 2.11. The first kappa shape index (κ1) is 19.6. The number of benzene rings is 1. The number of aliphatic hydroxyl groups excluding tert-OH is 1. The molecule has 1 aromatic carbocycles. The molecule has 0 saturated carbocycles. The van der Waals surface area contributed by atoms with Gasteiger partial charge >= 0.3 is 0 Å². The van der Waals surface area contributed by atoms with Crippen LogP contribution in [-0.4, -0.2) is 64.2 Å². The normalized spacial score (nSPS) is 22.8. The molecule has 0 bridgehead atoms. The first-order chi connectivity index (χ1) is 14.0. The summed E-state index contributed by atoms with van der Waals surface area (Å²) in [6.07, 6.45) is 1.87. The van der Waals surface area contributed by atoms with E-state index in [9.17, 15) is 14.7 Å². The Bertz CT molecular complexity index is 873. The van der Waals surface area contributed by atoms with E-state index in [-0.39, 0.29) is 17.9 Å². The van der Waals surface area contributed by atoms with E-state index in [0.717, 1.165) is 11.3 Å². The number of aromatic nitrogens is 1. The number of rotatable bonds is 4. The van der Waals surface area contributed by atoms with E-state index < -0.39 is 5.41 Å². The van der Waals surface area contributed by atoms with Crippen molar-refractivity contribution in [2.45, 2.75) is 38.7 Å². The third-order valence-electron chi connectivity index (χ3n) is 6.15. The smallest absolute Gasteiger partial charge is 0.231 e. The van der Waals surface area contributed by atoms with E-state index in [4.69, 9.17) is 4.52 Å². The van der Waals surface area contributed by atoms with Gasteiger partial charge in [0.25, 0.3) is 0 Å². The zero-order valence-corrected chi connectivity index (χ0v) is 16.7. The van der Waals surface area contributed by atoms with Gasteiger partial charge in [0.05, 0.1) is 11.5 Å². The first-order valence-corrected chi connectivity index (χ1v) is 10.2. The van der Waals surface area contributed by atoms with Crippen molar-refractivity contribution in [2.24, 2.45) is 5.41 Å². The maximum Gasteiger partial charge on any atom is 0.231 e. The molecule has 2 saturated heterocycles. The number of hydrogen-bond donors (Lipinski definition) is 1. The molecule has 7 heteroatoms. The molecular formula is C22H27N3O4. The Morgan fingerprint density at radius 2 is 1.90 bits per heavy atom. The van der Waals surface area contributed by atoms with Crippen molar-refractivity contribution in [3.63, 3.8) is 0 Å². The maximum atomic E-state index is 13.5. The molecule has 0 aliphatic carbocycles. The van der Waals surface area contributed by atoms with Crippen molar-refractivity contribution < 1.29 is 19.2 Å². The first-order valence-electron chi connectivity index (χ1n) is 10.2. The summed E-state index contributed by atoms with van der Waals surface area (Å²) in [5.74, 6) is 0.682. The van der Waals surface area contributed by atoms with E-state index in [0.29, 0.717) is 57.6 Å². The molecule has 0 unspecified atom stereocenters. The van der Waals surface area contributed by atoms with Gasteiger partial charge in [-0.2, -0.15) is 0 Å². The van der Waals surface area contributed by atoms with Crippen LogP contribution < -0.4 is 0 Å². The van der Waals surface area contributed by atoms with E-state index >= 15 is 0 Å². The van der Waals surface area contributed by atoms with E-state index in [1.54, 1.807) is 11.8 Å². The van der Waals surface area contributed by atoms with Crippen LogP contribution in [0.2, 0.25) is 0 Å². The summed E-state index contributed by atoms with van der Waals surface area (Å²) in [4.78, 5) is 29.1. The molecule has 29 heavy (non-hydrogen) atoms. The van der Waals surface area contributed by atoms with E-state index in [2.05, 4.69) is 5.16 Å². The number of nitrogens with zero attached hydrogens (tertiary/aromatic N) is 3. The molecule has 1 atom stereocenters. The number of aliphatic hydroxyl groups is 1. The zero-order valence-electron chi connectivity index (χ0n) is 16.7. The summed E-state index contributed by atoms with van der Waals surface area (Å²) in [5.41, 5.74) is 0.997. The molecule has 154 valence electrons. The molecule has 4 rings (SSSR count). The molecule has 2 amide bonds. The lowest BCUT2D eigenvalue weighted by molar-refractivity contribution is -0.144. The van der Waals surface area contributed by atoms with Crippen LogP contribution in [0.5, 0.6) is 0 Å². The van der Waals surface area contributed by atoms with Crippen molar-refractivity contribution in [1.82, 2.24) is 15.0 Å². The SMILES string of the molecule is CC(=O)N1CC[C@@](Cc2cc(-c3ccccc3)no2)(C(=O)N2CCC(O)CC2)C1. The average molecular weight is 397 g/mol. The van der Waals surface area contributed by atoms with Crippen molar-refractivity contribution in [3.8, 4) is 11.3 Å². The molecule has 3 heterocycles. The summed E-state index contributed by atoms with van der Waals surface area (Å²) in [6.45, 7) is 3.60. The summed E-state index contributed by atoms with van der Waals surface area (Å²) < 4.78 is 5.59. The molecule has 1 aromatic heterocycles. The molecule has 2 aliphatic rings. The van der Waals surface area contributed by atoms with Crippen LogP contribution in [0, 0.1) is 5.41 Å². The van der Waals surface area contributed by atoms with Gasteiger partial charge in [0, 0.05) is 51.2 Å². The van der Waals surface area contributed by atoms with Crippen LogP contribution >= 0.6 is 0 Å². The Morgan fingerprint density at radius 1 is 1.17 bits per heavy atom. The molecule has 2 aliphatic heterocycles. The van der Waals surface area contributed by atoms with Crippen LogP contribution in [0.1, 0.15) is 31.9 Å². The highest BCUT2D eigenvalue weighted by atomic mass is 16.5. The second-order valence-corrected chi connectivity index (χ2v) is 8.22. The maximum absolute atomic E-state index is 13.5. The lowest BCUT2D eigenvalue weighted by atomic mass is 9.80. The predicted molar refractivity (Wildman–Crippen MR) is 107 cm³/mol.